The second kappa shape index (κ2) is 2.42. The maximum absolute atomic E-state index is 10.7. The van der Waals surface area contributed by atoms with Gasteiger partial charge in [-0.3, -0.25) is 9.78 Å². The molecule has 0 saturated carbocycles. The number of hydrogen-bond donors (Lipinski definition) is 1. The smallest absolute Gasteiger partial charge is 0.303 e. The van der Waals surface area contributed by atoms with Gasteiger partial charge < -0.3 is 4.57 Å². The second-order valence-corrected chi connectivity index (χ2v) is 2.70. The maximum Gasteiger partial charge on any atom is 0.328 e. The number of aromatic nitrogens is 2. The summed E-state index contributed by atoms with van der Waals surface area (Å²) in [5.74, 6) is 0. The van der Waals surface area contributed by atoms with E-state index in [-0.39, 0.29) is 0 Å². The molecule has 10 heavy (non-hydrogen) atoms. The first-order valence-corrected chi connectivity index (χ1v) is 3.36. The summed E-state index contributed by atoms with van der Waals surface area (Å²) in [7, 11) is 1.56. The van der Waals surface area contributed by atoms with Gasteiger partial charge in [0.2, 0.25) is 0 Å². The minimum Gasteiger partial charge on any atom is -0.303 e. The molecule has 5 heteroatoms. The zero-order valence-corrected chi connectivity index (χ0v) is 6.81. The highest BCUT2D eigenvalue weighted by Crippen LogP contribution is 1.95. The van der Waals surface area contributed by atoms with E-state index in [1.165, 1.54) is 10.8 Å². The van der Waals surface area contributed by atoms with Crippen LogP contribution in [0.1, 0.15) is 0 Å². The summed E-state index contributed by atoms with van der Waals surface area (Å²) in [6.45, 7) is 0. The summed E-state index contributed by atoms with van der Waals surface area (Å²) < 4.78 is 1.64. The Morgan fingerprint density at radius 2 is 2.20 bits per heavy atom. The normalized spacial score (nSPS) is 9.80. The Balaban J connectivity index is 3.59. The molecule has 0 unspecified atom stereocenters. The Hall–Kier alpha value is -0.840. The molecule has 1 heterocycles. The van der Waals surface area contributed by atoms with E-state index in [1.54, 1.807) is 7.05 Å². The fourth-order valence-corrected chi connectivity index (χ4v) is 0.939. The molecule has 54 valence electrons. The topological polar surface area (TPSA) is 54.9 Å². The molecule has 0 spiro atoms. The van der Waals surface area contributed by atoms with Gasteiger partial charge in [-0.1, -0.05) is 0 Å². The van der Waals surface area contributed by atoms with Crippen LogP contribution in [0, 0.1) is 0 Å². The molecule has 0 aliphatic rings. The summed E-state index contributed by atoms with van der Waals surface area (Å²) in [5.41, 5.74) is -0.809. The van der Waals surface area contributed by atoms with Gasteiger partial charge in [0.15, 0.2) is 0 Å². The van der Waals surface area contributed by atoms with E-state index >= 15 is 0 Å². The molecule has 0 aromatic carbocycles. The number of hydrogen-bond acceptors (Lipinski definition) is 2. The summed E-state index contributed by atoms with van der Waals surface area (Å²) in [5, 5.41) is 0. The van der Waals surface area contributed by atoms with Crippen molar-refractivity contribution >= 4 is 15.9 Å². The van der Waals surface area contributed by atoms with E-state index in [0.29, 0.717) is 4.47 Å². The van der Waals surface area contributed by atoms with E-state index in [4.69, 9.17) is 0 Å². The Bertz CT molecular complexity index is 320. The number of nitrogens with one attached hydrogen (secondary N) is 1. The van der Waals surface area contributed by atoms with Crippen LogP contribution in [-0.4, -0.2) is 9.55 Å². The third-order valence-electron chi connectivity index (χ3n) is 1.06. The summed E-state index contributed by atoms with van der Waals surface area (Å²) in [4.78, 5) is 23.5. The molecule has 0 saturated heterocycles. The van der Waals surface area contributed by atoms with Crippen LogP contribution in [0.4, 0.5) is 0 Å². The van der Waals surface area contributed by atoms with Crippen molar-refractivity contribution < 1.29 is 0 Å². The number of H-pyrrole nitrogens is 1. The standard InChI is InChI=1S/C5H5BrN2O2/c1-8-2-3(6)4(9)7-5(8)10/h2H,1H3,(H,7,9,10). The fourth-order valence-electron chi connectivity index (χ4n) is 0.532. The number of nitrogens with zero attached hydrogens (tertiary/aromatic N) is 1. The monoisotopic (exact) mass is 204 g/mol. The predicted octanol–water partition coefficient (Wildman–Crippen LogP) is -0.164. The third kappa shape index (κ3) is 1.18. The van der Waals surface area contributed by atoms with Crippen molar-refractivity contribution in [2.45, 2.75) is 0 Å². The first kappa shape index (κ1) is 7.27. The molecule has 0 bridgehead atoms. The van der Waals surface area contributed by atoms with Crippen molar-refractivity contribution in [2.75, 3.05) is 0 Å². The molecule has 0 aliphatic carbocycles. The highest BCUT2D eigenvalue weighted by molar-refractivity contribution is 9.10. The first-order chi connectivity index (χ1) is 4.61. The second-order valence-electron chi connectivity index (χ2n) is 1.85. The van der Waals surface area contributed by atoms with Crippen LogP contribution < -0.4 is 11.2 Å². The van der Waals surface area contributed by atoms with Crippen LogP contribution in [0.5, 0.6) is 0 Å². The lowest BCUT2D eigenvalue weighted by Crippen LogP contribution is -2.27. The molecule has 1 aromatic rings. The van der Waals surface area contributed by atoms with Gasteiger partial charge in [-0.25, -0.2) is 4.79 Å². The van der Waals surface area contributed by atoms with Gasteiger partial charge in [-0.15, -0.1) is 0 Å². The van der Waals surface area contributed by atoms with Crippen molar-refractivity contribution in [3.63, 3.8) is 0 Å². The number of rotatable bonds is 0. The van der Waals surface area contributed by atoms with Crippen LogP contribution in [0.25, 0.3) is 0 Å². The zero-order chi connectivity index (χ0) is 7.72. The van der Waals surface area contributed by atoms with E-state index in [0.717, 1.165) is 0 Å². The Morgan fingerprint density at radius 1 is 1.60 bits per heavy atom. The minimum absolute atomic E-state index is 0.356. The highest BCUT2D eigenvalue weighted by atomic mass is 79.9. The van der Waals surface area contributed by atoms with Crippen molar-refractivity contribution in [2.24, 2.45) is 7.05 Å². The molecule has 0 amide bonds. The lowest BCUT2D eigenvalue weighted by Gasteiger charge is -1.93. The molecule has 1 rings (SSSR count). The molecule has 4 nitrogen and oxygen atoms in total. The van der Waals surface area contributed by atoms with Crippen LogP contribution in [0.15, 0.2) is 20.3 Å². The van der Waals surface area contributed by atoms with E-state index < -0.39 is 11.2 Å². The zero-order valence-electron chi connectivity index (χ0n) is 5.22. The Morgan fingerprint density at radius 3 is 2.70 bits per heavy atom. The molecule has 0 atom stereocenters. The Labute approximate surface area is 64.6 Å². The van der Waals surface area contributed by atoms with Crippen molar-refractivity contribution in [3.05, 3.63) is 31.5 Å². The first-order valence-electron chi connectivity index (χ1n) is 2.56. The molecular weight excluding hydrogens is 200 g/mol. The number of aryl methyl sites for hydroxylation is 1. The lowest BCUT2D eigenvalue weighted by molar-refractivity contribution is 0.793. The van der Waals surface area contributed by atoms with E-state index in [9.17, 15) is 9.59 Å². The fraction of sp³-hybridized carbons (Fsp3) is 0.200. The quantitative estimate of drug-likeness (QED) is 0.639. The van der Waals surface area contributed by atoms with Gasteiger partial charge in [0, 0.05) is 13.2 Å². The average molecular weight is 205 g/mol. The highest BCUT2D eigenvalue weighted by Gasteiger charge is 1.95. The largest absolute Gasteiger partial charge is 0.328 e. The van der Waals surface area contributed by atoms with Crippen LogP contribution in [0.2, 0.25) is 0 Å². The van der Waals surface area contributed by atoms with Crippen molar-refractivity contribution in [3.8, 4) is 0 Å². The molecule has 0 radical (unpaired) electrons. The summed E-state index contributed by atoms with van der Waals surface area (Å²) >= 11 is 2.98. The summed E-state index contributed by atoms with van der Waals surface area (Å²) in [6.07, 6.45) is 1.42. The molecule has 0 aliphatic heterocycles. The number of aromatic amines is 1. The van der Waals surface area contributed by atoms with Crippen LogP contribution >= 0.6 is 15.9 Å². The predicted molar refractivity (Wildman–Crippen MR) is 40.0 cm³/mol. The third-order valence-corrected chi connectivity index (χ3v) is 1.63. The van der Waals surface area contributed by atoms with E-state index in [1.807, 2.05) is 0 Å². The van der Waals surface area contributed by atoms with Gasteiger partial charge in [-0.05, 0) is 15.9 Å². The van der Waals surface area contributed by atoms with E-state index in [2.05, 4.69) is 20.9 Å². The van der Waals surface area contributed by atoms with Crippen molar-refractivity contribution in [1.82, 2.24) is 9.55 Å². The SMILES string of the molecule is Cn1cc(Br)c(=O)[nH]c1=O. The minimum atomic E-state index is -0.409. The molecule has 1 N–H and O–H groups in total. The summed E-state index contributed by atoms with van der Waals surface area (Å²) in [6, 6.07) is 0. The van der Waals surface area contributed by atoms with Gasteiger partial charge in [-0.2, -0.15) is 0 Å². The van der Waals surface area contributed by atoms with Gasteiger partial charge >= 0.3 is 5.69 Å². The van der Waals surface area contributed by atoms with Gasteiger partial charge in [0.25, 0.3) is 5.56 Å². The van der Waals surface area contributed by atoms with Crippen LogP contribution in [0.3, 0.4) is 0 Å². The van der Waals surface area contributed by atoms with Gasteiger partial charge in [0.05, 0.1) is 4.47 Å². The lowest BCUT2D eigenvalue weighted by atomic mass is 10.6. The molecular formula is C5H5BrN2O2. The average Bonchev–Trinajstić information content (AvgIpc) is 1.84. The van der Waals surface area contributed by atoms with Gasteiger partial charge in [0.1, 0.15) is 0 Å². The molecule has 0 fully saturated rings. The van der Waals surface area contributed by atoms with Crippen LogP contribution in [-0.2, 0) is 7.05 Å². The molecule has 1 aromatic heterocycles. The van der Waals surface area contributed by atoms with Crippen molar-refractivity contribution in [1.29, 1.82) is 0 Å². The Kier molecular flexibility index (Phi) is 1.76. The number of halogens is 1. The maximum atomic E-state index is 10.7.